The third-order valence-electron chi connectivity index (χ3n) is 6.38. The van der Waals surface area contributed by atoms with Crippen molar-refractivity contribution in [2.24, 2.45) is 0 Å². The van der Waals surface area contributed by atoms with Crippen LogP contribution in [0.1, 0.15) is 5.76 Å². The molecule has 1 amide bonds. The van der Waals surface area contributed by atoms with Crippen LogP contribution in [0.15, 0.2) is 58.9 Å². The normalized spacial score (nSPS) is 14.5. The van der Waals surface area contributed by atoms with Crippen molar-refractivity contribution >= 4 is 40.5 Å². The van der Waals surface area contributed by atoms with Crippen LogP contribution in [0, 0.1) is 11.3 Å². The number of nitrogens with one attached hydrogen (secondary N) is 2. The zero-order valence-corrected chi connectivity index (χ0v) is 23.4. The number of methoxy groups -OCH3 is 2. The van der Waals surface area contributed by atoms with Gasteiger partial charge in [0.1, 0.15) is 28.9 Å². The molecular formula is C28H29Cl2N5O4. The molecule has 9 nitrogen and oxygen atoms in total. The van der Waals surface area contributed by atoms with Gasteiger partial charge in [-0.25, -0.2) is 0 Å². The molecule has 2 N–H and O–H groups in total. The number of carbonyl (C=O) groups is 1. The van der Waals surface area contributed by atoms with E-state index < -0.39 is 5.91 Å². The van der Waals surface area contributed by atoms with Crippen LogP contribution in [0.25, 0.3) is 11.1 Å². The highest BCUT2D eigenvalue weighted by atomic mass is 35.5. The molecule has 3 aromatic rings. The average molecular weight is 570 g/mol. The minimum atomic E-state index is -0.645. The number of rotatable bonds is 9. The lowest BCUT2D eigenvalue weighted by atomic mass is 10.1. The molecule has 1 fully saturated rings. The first-order valence-corrected chi connectivity index (χ1v) is 12.9. The maximum absolute atomic E-state index is 12.8. The Morgan fingerprint density at radius 1 is 1.08 bits per heavy atom. The molecule has 1 aliphatic rings. The van der Waals surface area contributed by atoms with Gasteiger partial charge in [0.05, 0.1) is 42.8 Å². The summed E-state index contributed by atoms with van der Waals surface area (Å²) in [4.78, 5) is 17.4. The van der Waals surface area contributed by atoms with E-state index >= 15 is 0 Å². The lowest BCUT2D eigenvalue weighted by Crippen LogP contribution is -2.43. The summed E-state index contributed by atoms with van der Waals surface area (Å²) >= 11 is 12.3. The summed E-state index contributed by atoms with van der Waals surface area (Å²) in [6.07, 6.45) is 3.04. The summed E-state index contributed by atoms with van der Waals surface area (Å²) in [5.41, 5.74) is 2.44. The van der Waals surface area contributed by atoms with E-state index in [0.717, 1.165) is 49.6 Å². The van der Waals surface area contributed by atoms with Crippen LogP contribution in [-0.2, 0) is 11.3 Å². The standard InChI is InChI=1S/C28H29Cl2N5O4/c1-34-6-8-35(9-7-34)16-21-10-18(17-39-21)22-11-20(4-5-26(22)37-2)32-15-19(14-31)28(36)33-25-13-27(38-3)24(30)12-23(25)29/h4-5,10-13,15,17,32H,6-9,16H2,1-3H3,(H,33,36). The number of likely N-dealkylation sites (N-methyl/N-ethyl adjacent to an activating group) is 1. The molecule has 2 aromatic carbocycles. The molecular weight excluding hydrogens is 541 g/mol. The van der Waals surface area contributed by atoms with Crippen LogP contribution in [0.3, 0.4) is 0 Å². The third kappa shape index (κ3) is 7.05. The first kappa shape index (κ1) is 28.3. The highest BCUT2D eigenvalue weighted by Gasteiger charge is 2.18. The fourth-order valence-corrected chi connectivity index (χ4v) is 4.64. The van der Waals surface area contributed by atoms with E-state index in [1.54, 1.807) is 19.4 Å². The summed E-state index contributed by atoms with van der Waals surface area (Å²) in [6, 6.07) is 12.3. The van der Waals surface area contributed by atoms with Gasteiger partial charge in [0, 0.05) is 55.3 Å². The number of nitrogens with zero attached hydrogens (tertiary/aromatic N) is 3. The van der Waals surface area contributed by atoms with Crippen molar-refractivity contribution < 1.29 is 18.7 Å². The van der Waals surface area contributed by atoms with Gasteiger partial charge in [0.15, 0.2) is 0 Å². The van der Waals surface area contributed by atoms with Crippen LogP contribution < -0.4 is 20.1 Å². The van der Waals surface area contributed by atoms with Gasteiger partial charge in [-0.1, -0.05) is 23.2 Å². The first-order valence-electron chi connectivity index (χ1n) is 12.2. The Kier molecular flexibility index (Phi) is 9.38. The average Bonchev–Trinajstić information content (AvgIpc) is 3.40. The summed E-state index contributed by atoms with van der Waals surface area (Å²) in [5.74, 6) is 1.24. The Bertz CT molecular complexity index is 1410. The summed E-state index contributed by atoms with van der Waals surface area (Å²) in [7, 11) is 5.18. The van der Waals surface area contributed by atoms with E-state index in [2.05, 4.69) is 27.5 Å². The predicted molar refractivity (Wildman–Crippen MR) is 152 cm³/mol. The van der Waals surface area contributed by atoms with Gasteiger partial charge in [-0.3, -0.25) is 9.69 Å². The van der Waals surface area contributed by atoms with Gasteiger partial charge in [0.25, 0.3) is 5.91 Å². The number of furan rings is 1. The van der Waals surface area contributed by atoms with Gasteiger partial charge in [-0.2, -0.15) is 5.26 Å². The smallest absolute Gasteiger partial charge is 0.267 e. The molecule has 4 rings (SSSR count). The molecule has 11 heteroatoms. The lowest BCUT2D eigenvalue weighted by Gasteiger charge is -2.31. The number of piperazine rings is 1. The van der Waals surface area contributed by atoms with Crippen molar-refractivity contribution in [2.75, 3.05) is 58.1 Å². The fraction of sp³-hybridized carbons (Fsp3) is 0.286. The SMILES string of the molecule is COc1cc(NC(=O)C(C#N)=CNc2ccc(OC)c(-c3coc(CN4CCN(C)CC4)c3)c2)c(Cl)cc1Cl. The van der Waals surface area contributed by atoms with Gasteiger partial charge < -0.3 is 29.4 Å². The van der Waals surface area contributed by atoms with Gasteiger partial charge in [-0.05, 0) is 37.4 Å². The van der Waals surface area contributed by atoms with Crippen molar-refractivity contribution in [1.82, 2.24) is 9.80 Å². The number of benzene rings is 2. The van der Waals surface area contributed by atoms with E-state index in [0.29, 0.717) is 22.2 Å². The summed E-state index contributed by atoms with van der Waals surface area (Å²) < 4.78 is 16.6. The van der Waals surface area contributed by atoms with Crippen LogP contribution in [-0.4, -0.2) is 63.2 Å². The van der Waals surface area contributed by atoms with E-state index in [4.69, 9.17) is 37.1 Å². The molecule has 0 bridgehead atoms. The second-order valence-corrected chi connectivity index (χ2v) is 9.85. The number of hydrogen-bond acceptors (Lipinski definition) is 8. The first-order chi connectivity index (χ1) is 18.8. The molecule has 204 valence electrons. The Balaban J connectivity index is 1.48. The molecule has 1 aliphatic heterocycles. The van der Waals surface area contributed by atoms with E-state index in [1.165, 1.54) is 25.4 Å². The fourth-order valence-electron chi connectivity index (χ4n) is 4.13. The third-order valence-corrected chi connectivity index (χ3v) is 6.99. The van der Waals surface area contributed by atoms with Gasteiger partial charge in [0.2, 0.25) is 0 Å². The molecule has 0 saturated carbocycles. The topological polar surface area (TPSA) is 103 Å². The maximum atomic E-state index is 12.8. The number of anilines is 2. The number of carbonyl (C=O) groups excluding carboxylic acids is 1. The van der Waals surface area contributed by atoms with Crippen molar-refractivity contribution in [3.8, 4) is 28.7 Å². The molecule has 39 heavy (non-hydrogen) atoms. The zero-order valence-electron chi connectivity index (χ0n) is 21.9. The molecule has 0 radical (unpaired) electrons. The van der Waals surface area contributed by atoms with Crippen molar-refractivity contribution in [3.63, 3.8) is 0 Å². The number of ether oxygens (including phenoxy) is 2. The number of amides is 1. The van der Waals surface area contributed by atoms with Gasteiger partial charge >= 0.3 is 0 Å². The minimum Gasteiger partial charge on any atom is -0.496 e. The Hall–Kier alpha value is -3.68. The minimum absolute atomic E-state index is 0.157. The lowest BCUT2D eigenvalue weighted by molar-refractivity contribution is -0.112. The van der Waals surface area contributed by atoms with Crippen LogP contribution in [0.4, 0.5) is 11.4 Å². The second-order valence-electron chi connectivity index (χ2n) is 9.03. The quantitative estimate of drug-likeness (QED) is 0.258. The second kappa shape index (κ2) is 12.9. The van der Waals surface area contributed by atoms with Crippen LogP contribution in [0.5, 0.6) is 11.5 Å². The molecule has 1 aromatic heterocycles. The molecule has 0 aliphatic carbocycles. The Labute approximate surface area is 237 Å². The van der Waals surface area contributed by atoms with E-state index in [1.807, 2.05) is 24.3 Å². The Morgan fingerprint density at radius 2 is 1.82 bits per heavy atom. The van der Waals surface area contributed by atoms with Crippen molar-refractivity contribution in [2.45, 2.75) is 6.54 Å². The molecule has 2 heterocycles. The maximum Gasteiger partial charge on any atom is 0.267 e. The molecule has 1 saturated heterocycles. The van der Waals surface area contributed by atoms with Crippen LogP contribution in [0.2, 0.25) is 10.0 Å². The largest absolute Gasteiger partial charge is 0.496 e. The number of hydrogen-bond donors (Lipinski definition) is 2. The van der Waals surface area contributed by atoms with Gasteiger partial charge in [-0.15, -0.1) is 0 Å². The molecule has 0 unspecified atom stereocenters. The zero-order chi connectivity index (χ0) is 27.9. The summed E-state index contributed by atoms with van der Waals surface area (Å²) in [5, 5.41) is 15.8. The van der Waals surface area contributed by atoms with Crippen LogP contribution >= 0.6 is 23.2 Å². The Morgan fingerprint density at radius 3 is 2.51 bits per heavy atom. The number of nitriles is 1. The van der Waals surface area contributed by atoms with Crippen molar-refractivity contribution in [3.05, 3.63) is 70.2 Å². The highest BCUT2D eigenvalue weighted by Crippen LogP contribution is 2.35. The predicted octanol–water partition coefficient (Wildman–Crippen LogP) is 5.48. The number of halogens is 2. The van der Waals surface area contributed by atoms with E-state index in [9.17, 15) is 10.1 Å². The van der Waals surface area contributed by atoms with E-state index in [-0.39, 0.29) is 16.3 Å². The highest BCUT2D eigenvalue weighted by molar-refractivity contribution is 6.37. The summed E-state index contributed by atoms with van der Waals surface area (Å²) in [6.45, 7) is 4.79. The van der Waals surface area contributed by atoms with Crippen molar-refractivity contribution in [1.29, 1.82) is 5.26 Å². The monoisotopic (exact) mass is 569 g/mol. The molecule has 0 spiro atoms. The molecule has 0 atom stereocenters.